The van der Waals surface area contributed by atoms with Gasteiger partial charge in [-0.15, -0.1) is 0 Å². The van der Waals surface area contributed by atoms with Gasteiger partial charge in [-0.3, -0.25) is 0 Å². The second-order valence-corrected chi connectivity index (χ2v) is 5.93. The summed E-state index contributed by atoms with van der Waals surface area (Å²) in [6.07, 6.45) is 2.09. The van der Waals surface area contributed by atoms with Crippen molar-refractivity contribution in [2.24, 2.45) is 23.2 Å². The van der Waals surface area contributed by atoms with E-state index in [1.54, 1.807) is 0 Å². The third-order valence-electron chi connectivity index (χ3n) is 4.49. The summed E-state index contributed by atoms with van der Waals surface area (Å²) < 4.78 is 0. The fraction of sp³-hybridized carbons (Fsp3) is 1.00. The minimum absolute atomic E-state index is 0.199. The molecular weight excluding hydrogens is 260 g/mol. The van der Waals surface area contributed by atoms with Crippen molar-refractivity contribution in [3.05, 3.63) is 0 Å². The van der Waals surface area contributed by atoms with Crippen molar-refractivity contribution in [2.75, 3.05) is 0 Å². The summed E-state index contributed by atoms with van der Waals surface area (Å²) in [7, 11) is 0. The van der Waals surface area contributed by atoms with Gasteiger partial charge in [-0.25, -0.2) is 5.26 Å². The second kappa shape index (κ2) is 5.58. The molecule has 0 aromatic heterocycles. The molecule has 8 nitrogen and oxygen atoms in total. The van der Waals surface area contributed by atoms with Crippen molar-refractivity contribution >= 4 is 0 Å². The first-order valence-corrected chi connectivity index (χ1v) is 6.33. The molecule has 19 heavy (non-hydrogen) atoms. The SMILES string of the molecule is CC(C)C1CC12CC2(OOOOOOOO)C(C)C. The van der Waals surface area contributed by atoms with Gasteiger partial charge in [-0.05, 0) is 60.8 Å². The molecule has 0 amide bonds. The van der Waals surface area contributed by atoms with Crippen LogP contribution in [0.1, 0.15) is 40.5 Å². The molecule has 1 N–H and O–H groups in total. The van der Waals surface area contributed by atoms with E-state index in [-0.39, 0.29) is 16.9 Å². The average Bonchev–Trinajstić information content (AvgIpc) is 3.22. The van der Waals surface area contributed by atoms with Gasteiger partial charge < -0.3 is 0 Å². The van der Waals surface area contributed by atoms with Crippen molar-refractivity contribution in [1.82, 2.24) is 0 Å². The van der Waals surface area contributed by atoms with Gasteiger partial charge >= 0.3 is 0 Å². The van der Waals surface area contributed by atoms with Crippen LogP contribution < -0.4 is 0 Å². The molecule has 1 spiro atoms. The monoisotopic (exact) mass is 280 g/mol. The van der Waals surface area contributed by atoms with Gasteiger partial charge in [-0.2, -0.15) is 4.89 Å². The maximum absolute atomic E-state index is 7.74. The molecule has 2 fully saturated rings. The molecule has 2 aliphatic rings. The van der Waals surface area contributed by atoms with E-state index in [0.717, 1.165) is 12.8 Å². The Bertz CT molecular complexity index is 309. The van der Waals surface area contributed by atoms with E-state index in [4.69, 9.17) is 10.1 Å². The summed E-state index contributed by atoms with van der Waals surface area (Å²) in [6, 6.07) is 0. The van der Waals surface area contributed by atoms with E-state index in [2.05, 4.69) is 57.9 Å². The molecule has 0 saturated heterocycles. The highest BCUT2D eigenvalue weighted by atomic mass is 17.9. The van der Waals surface area contributed by atoms with Crippen LogP contribution in [-0.4, -0.2) is 10.9 Å². The van der Waals surface area contributed by atoms with Crippen LogP contribution in [0.15, 0.2) is 0 Å². The van der Waals surface area contributed by atoms with E-state index < -0.39 is 0 Å². The van der Waals surface area contributed by atoms with Crippen LogP contribution in [0.25, 0.3) is 0 Å². The minimum Gasteiger partial charge on any atom is -0.219 e. The third kappa shape index (κ3) is 2.63. The lowest BCUT2D eigenvalue weighted by molar-refractivity contribution is -0.814. The zero-order valence-electron chi connectivity index (χ0n) is 11.5. The Kier molecular flexibility index (Phi) is 4.43. The fourth-order valence-corrected chi connectivity index (χ4v) is 3.43. The average molecular weight is 280 g/mol. The normalized spacial score (nSPS) is 36.5. The highest BCUT2D eigenvalue weighted by Crippen LogP contribution is 2.81. The van der Waals surface area contributed by atoms with Crippen LogP contribution in [0.2, 0.25) is 0 Å². The van der Waals surface area contributed by atoms with Gasteiger partial charge in [0.25, 0.3) is 0 Å². The molecule has 112 valence electrons. The predicted molar refractivity (Wildman–Crippen MR) is 57.8 cm³/mol. The van der Waals surface area contributed by atoms with Crippen LogP contribution in [0.5, 0.6) is 0 Å². The molecular formula is C11H20O8. The van der Waals surface area contributed by atoms with E-state index in [0.29, 0.717) is 11.8 Å². The zero-order valence-corrected chi connectivity index (χ0v) is 11.5. The molecule has 0 aliphatic heterocycles. The van der Waals surface area contributed by atoms with Crippen molar-refractivity contribution in [1.29, 1.82) is 0 Å². The number of rotatable bonds is 9. The van der Waals surface area contributed by atoms with Crippen LogP contribution in [0.3, 0.4) is 0 Å². The van der Waals surface area contributed by atoms with Gasteiger partial charge in [-0.1, -0.05) is 27.7 Å². The van der Waals surface area contributed by atoms with Crippen molar-refractivity contribution < 1.29 is 40.4 Å². The molecule has 3 atom stereocenters. The molecule has 0 bridgehead atoms. The largest absolute Gasteiger partial charge is 0.219 e. The highest BCUT2D eigenvalue weighted by molar-refractivity contribution is 5.30. The Morgan fingerprint density at radius 1 is 1.00 bits per heavy atom. The maximum atomic E-state index is 7.74. The second-order valence-electron chi connectivity index (χ2n) is 5.93. The summed E-state index contributed by atoms with van der Waals surface area (Å²) in [5, 5.41) is 30.6. The van der Waals surface area contributed by atoms with Crippen molar-refractivity contribution in [3.8, 4) is 0 Å². The first-order valence-electron chi connectivity index (χ1n) is 6.33. The van der Waals surface area contributed by atoms with Crippen molar-refractivity contribution in [3.63, 3.8) is 0 Å². The summed E-state index contributed by atoms with van der Waals surface area (Å²) in [6.45, 7) is 8.58. The zero-order chi connectivity index (χ0) is 14.1. The van der Waals surface area contributed by atoms with Gasteiger partial charge in [0, 0.05) is 5.41 Å². The Hall–Kier alpha value is -0.320. The maximum Gasteiger partial charge on any atom is 0.116 e. The molecule has 0 aromatic carbocycles. The molecule has 2 rings (SSSR count). The fourth-order valence-electron chi connectivity index (χ4n) is 3.43. The summed E-state index contributed by atoms with van der Waals surface area (Å²) in [5.74, 6) is 1.57. The predicted octanol–water partition coefficient (Wildman–Crippen LogP) is 2.53. The quantitative estimate of drug-likeness (QED) is 0.392. The first kappa shape index (κ1) is 15.1. The van der Waals surface area contributed by atoms with Gasteiger partial charge in [0.05, 0.1) is 0 Å². The Morgan fingerprint density at radius 2 is 1.63 bits per heavy atom. The van der Waals surface area contributed by atoms with Gasteiger partial charge in [0.2, 0.25) is 0 Å². The topological polar surface area (TPSA) is 84.8 Å². The summed E-state index contributed by atoms with van der Waals surface area (Å²) >= 11 is 0. The lowest BCUT2D eigenvalue weighted by atomic mass is 9.98. The van der Waals surface area contributed by atoms with Crippen LogP contribution in [0, 0.1) is 23.2 Å². The van der Waals surface area contributed by atoms with Crippen LogP contribution in [-0.2, 0) is 35.1 Å². The lowest BCUT2D eigenvalue weighted by Crippen LogP contribution is -2.26. The standard InChI is InChI=1S/C11H20O8/c1-7(2)9-5-10(9)6-11(10,8(3)4)13-15-17-19-18-16-14-12/h7-9,12H,5-6H2,1-4H3. The molecule has 0 heterocycles. The van der Waals surface area contributed by atoms with E-state index >= 15 is 0 Å². The molecule has 2 saturated carbocycles. The summed E-state index contributed by atoms with van der Waals surface area (Å²) in [5.41, 5.74) is -0.149. The molecule has 2 aliphatic carbocycles. The Morgan fingerprint density at radius 3 is 2.16 bits per heavy atom. The lowest BCUT2D eigenvalue weighted by Gasteiger charge is -2.20. The van der Waals surface area contributed by atoms with E-state index in [9.17, 15) is 0 Å². The number of hydrogen-bond donors (Lipinski definition) is 1. The Labute approximate surface area is 110 Å². The van der Waals surface area contributed by atoms with E-state index in [1.165, 1.54) is 0 Å². The Balaban J connectivity index is 1.74. The van der Waals surface area contributed by atoms with Gasteiger partial charge in [0.1, 0.15) is 5.60 Å². The molecule has 3 unspecified atom stereocenters. The molecule has 0 aromatic rings. The summed E-state index contributed by atoms with van der Waals surface area (Å²) in [4.78, 5) is 5.35. The molecule has 8 heteroatoms. The highest BCUT2D eigenvalue weighted by Gasteiger charge is 2.83. The van der Waals surface area contributed by atoms with Crippen LogP contribution >= 0.6 is 0 Å². The first-order chi connectivity index (χ1) is 9.00. The molecule has 0 radical (unpaired) electrons. The third-order valence-corrected chi connectivity index (χ3v) is 4.49. The smallest absolute Gasteiger partial charge is 0.116 e. The minimum atomic E-state index is -0.348. The van der Waals surface area contributed by atoms with Crippen LogP contribution in [0.4, 0.5) is 0 Å². The van der Waals surface area contributed by atoms with E-state index in [1.807, 2.05) is 0 Å². The van der Waals surface area contributed by atoms with Gasteiger partial charge in [0.15, 0.2) is 0 Å². The number of hydrogen-bond acceptors (Lipinski definition) is 8. The van der Waals surface area contributed by atoms with Crippen molar-refractivity contribution in [2.45, 2.75) is 46.1 Å².